The van der Waals surface area contributed by atoms with Crippen molar-refractivity contribution < 1.29 is 56.2 Å². The standard InChI is InChI=1S/C38H72O12S/c1-3-5-7-9-11-13-14-15-16-17-18-19-20-21-23-25-27-34(40)48-32(30-46-28-26-24-22-12-10-8-6-4-2)31-47-38-36(42)37(50-51(43,44)45)35(41)33(29-39)49-38/h16-17,32-33,35-39,41-42H,3-15,18-31H2,1-2H3,(H,43,44,45)/b17-16-. The van der Waals surface area contributed by atoms with Gasteiger partial charge in [0, 0.05) is 13.0 Å². The minimum absolute atomic E-state index is 0.0362. The first-order valence-corrected chi connectivity index (χ1v) is 21.3. The maximum atomic E-state index is 12.7. The van der Waals surface area contributed by atoms with Gasteiger partial charge in [-0.1, -0.05) is 129 Å². The lowest BCUT2D eigenvalue weighted by atomic mass is 9.99. The molecule has 0 spiro atoms. The molecule has 12 nitrogen and oxygen atoms in total. The van der Waals surface area contributed by atoms with E-state index in [4.69, 9.17) is 23.5 Å². The summed E-state index contributed by atoms with van der Waals surface area (Å²) in [5, 5.41) is 30.5. The number of carbonyl (C=O) groups excluding carboxylic acids is 1. The Morgan fingerprint density at radius 3 is 1.76 bits per heavy atom. The van der Waals surface area contributed by atoms with Gasteiger partial charge in [-0.2, -0.15) is 8.42 Å². The fraction of sp³-hybridized carbons (Fsp3) is 0.921. The highest BCUT2D eigenvalue weighted by atomic mass is 32.3. The molecule has 51 heavy (non-hydrogen) atoms. The first-order chi connectivity index (χ1) is 24.6. The second-order valence-corrected chi connectivity index (χ2v) is 14.9. The summed E-state index contributed by atoms with van der Waals surface area (Å²) in [5.74, 6) is -0.408. The minimum Gasteiger partial charge on any atom is -0.457 e. The number of aliphatic hydroxyl groups is 3. The summed E-state index contributed by atoms with van der Waals surface area (Å²) < 4.78 is 58.7. The third-order valence-corrected chi connectivity index (χ3v) is 9.60. The predicted molar refractivity (Wildman–Crippen MR) is 198 cm³/mol. The smallest absolute Gasteiger partial charge is 0.397 e. The fourth-order valence-corrected chi connectivity index (χ4v) is 6.59. The molecule has 1 fully saturated rings. The molecule has 0 aromatic carbocycles. The van der Waals surface area contributed by atoms with Gasteiger partial charge < -0.3 is 34.3 Å². The van der Waals surface area contributed by atoms with Gasteiger partial charge in [-0.25, -0.2) is 4.18 Å². The monoisotopic (exact) mass is 752 g/mol. The van der Waals surface area contributed by atoms with Crippen molar-refractivity contribution in [3.05, 3.63) is 12.2 Å². The first-order valence-electron chi connectivity index (χ1n) is 19.9. The van der Waals surface area contributed by atoms with Crippen molar-refractivity contribution in [2.75, 3.05) is 26.4 Å². The van der Waals surface area contributed by atoms with Gasteiger partial charge in [-0.05, 0) is 38.5 Å². The average molecular weight is 753 g/mol. The van der Waals surface area contributed by atoms with E-state index in [0.29, 0.717) is 13.0 Å². The predicted octanol–water partition coefficient (Wildman–Crippen LogP) is 7.13. The zero-order valence-electron chi connectivity index (χ0n) is 31.7. The first kappa shape index (κ1) is 47.9. The molecule has 302 valence electrons. The number of unbranched alkanes of at least 4 members (excludes halogenated alkanes) is 19. The third kappa shape index (κ3) is 25.5. The van der Waals surface area contributed by atoms with Gasteiger partial charge in [0.25, 0.3) is 0 Å². The Balaban J connectivity index is 2.46. The molecule has 0 amide bonds. The van der Waals surface area contributed by atoms with Gasteiger partial charge in [0.1, 0.15) is 30.5 Å². The Morgan fingerprint density at radius 1 is 0.725 bits per heavy atom. The largest absolute Gasteiger partial charge is 0.457 e. The van der Waals surface area contributed by atoms with Crippen LogP contribution in [-0.2, 0) is 38.3 Å². The van der Waals surface area contributed by atoms with Crippen LogP contribution >= 0.6 is 0 Å². The van der Waals surface area contributed by atoms with Crippen molar-refractivity contribution in [1.82, 2.24) is 0 Å². The van der Waals surface area contributed by atoms with Crippen molar-refractivity contribution >= 4 is 16.4 Å². The molecular weight excluding hydrogens is 680 g/mol. The van der Waals surface area contributed by atoms with E-state index in [2.05, 4.69) is 30.2 Å². The number of allylic oxidation sites excluding steroid dienone is 2. The molecule has 4 N–H and O–H groups in total. The summed E-state index contributed by atoms with van der Waals surface area (Å²) in [6.07, 6.45) is 21.2. The molecule has 0 radical (unpaired) electrons. The highest BCUT2D eigenvalue weighted by Gasteiger charge is 2.48. The molecule has 1 aliphatic heterocycles. The van der Waals surface area contributed by atoms with E-state index >= 15 is 0 Å². The van der Waals surface area contributed by atoms with Crippen LogP contribution in [0.25, 0.3) is 0 Å². The van der Waals surface area contributed by atoms with Crippen molar-refractivity contribution in [2.45, 2.75) is 198 Å². The summed E-state index contributed by atoms with van der Waals surface area (Å²) in [6.45, 7) is 3.94. The number of carbonyl (C=O) groups is 1. The molecular formula is C38H72O12S. The highest BCUT2D eigenvalue weighted by Crippen LogP contribution is 2.26. The van der Waals surface area contributed by atoms with Gasteiger partial charge in [-0.3, -0.25) is 9.35 Å². The molecule has 1 aliphatic rings. The fourth-order valence-electron chi connectivity index (χ4n) is 6.08. The normalized spacial score (nSPS) is 21.7. The van der Waals surface area contributed by atoms with Gasteiger partial charge in [0.05, 0.1) is 19.8 Å². The number of aliphatic hydroxyl groups excluding tert-OH is 3. The Morgan fingerprint density at radius 2 is 1.24 bits per heavy atom. The Kier molecular flexibility index (Phi) is 29.3. The summed E-state index contributed by atoms with van der Waals surface area (Å²) in [7, 11) is -5.05. The molecule has 13 heteroatoms. The molecule has 6 unspecified atom stereocenters. The number of hydrogen-bond acceptors (Lipinski definition) is 11. The van der Waals surface area contributed by atoms with Crippen molar-refractivity contribution in [1.29, 1.82) is 0 Å². The lowest BCUT2D eigenvalue weighted by Crippen LogP contribution is -2.60. The minimum atomic E-state index is -5.05. The number of hydrogen-bond donors (Lipinski definition) is 4. The van der Waals surface area contributed by atoms with E-state index in [9.17, 15) is 28.5 Å². The molecule has 0 aliphatic carbocycles. The van der Waals surface area contributed by atoms with Gasteiger partial charge >= 0.3 is 16.4 Å². The van der Waals surface area contributed by atoms with Crippen LogP contribution in [0.5, 0.6) is 0 Å². The summed E-state index contributed by atoms with van der Waals surface area (Å²) in [5.41, 5.74) is 0. The van der Waals surface area contributed by atoms with Gasteiger partial charge in [-0.15, -0.1) is 0 Å². The zero-order valence-corrected chi connectivity index (χ0v) is 32.5. The Hall–Kier alpha value is -1.16. The van der Waals surface area contributed by atoms with E-state index in [-0.39, 0.29) is 19.6 Å². The lowest BCUT2D eigenvalue weighted by Gasteiger charge is -2.41. The highest BCUT2D eigenvalue weighted by molar-refractivity contribution is 7.80. The zero-order chi connectivity index (χ0) is 37.6. The van der Waals surface area contributed by atoms with Crippen molar-refractivity contribution in [2.24, 2.45) is 0 Å². The van der Waals surface area contributed by atoms with Crippen LogP contribution in [0.4, 0.5) is 0 Å². The van der Waals surface area contributed by atoms with E-state index in [1.165, 1.54) is 77.0 Å². The van der Waals surface area contributed by atoms with Crippen LogP contribution in [-0.4, -0.2) is 97.5 Å². The quantitative estimate of drug-likeness (QED) is 0.0227. The second kappa shape index (κ2) is 31.2. The lowest BCUT2D eigenvalue weighted by molar-refractivity contribution is -0.301. The van der Waals surface area contributed by atoms with E-state index in [0.717, 1.165) is 57.8 Å². The van der Waals surface area contributed by atoms with Crippen LogP contribution < -0.4 is 0 Å². The maximum absolute atomic E-state index is 12.7. The van der Waals surface area contributed by atoms with Crippen LogP contribution in [0, 0.1) is 0 Å². The van der Waals surface area contributed by atoms with Crippen LogP contribution in [0.3, 0.4) is 0 Å². The van der Waals surface area contributed by atoms with Crippen molar-refractivity contribution in [3.63, 3.8) is 0 Å². The molecule has 1 rings (SSSR count). The summed E-state index contributed by atoms with van der Waals surface area (Å²) in [6, 6.07) is 0. The molecule has 6 atom stereocenters. The van der Waals surface area contributed by atoms with Gasteiger partial charge in [0.15, 0.2) is 6.29 Å². The third-order valence-electron chi connectivity index (χ3n) is 9.14. The summed E-state index contributed by atoms with van der Waals surface area (Å²) >= 11 is 0. The molecule has 1 heterocycles. The topological polar surface area (TPSA) is 178 Å². The molecule has 0 saturated carbocycles. The number of esters is 1. The molecule has 0 bridgehead atoms. The Labute approximate surface area is 308 Å². The van der Waals surface area contributed by atoms with E-state index in [1.54, 1.807) is 0 Å². The van der Waals surface area contributed by atoms with Crippen LogP contribution in [0.1, 0.15) is 162 Å². The maximum Gasteiger partial charge on any atom is 0.397 e. The molecule has 0 aromatic rings. The number of rotatable bonds is 34. The van der Waals surface area contributed by atoms with Gasteiger partial charge in [0.2, 0.25) is 0 Å². The second-order valence-electron chi connectivity index (χ2n) is 13.9. The van der Waals surface area contributed by atoms with E-state index < -0.39 is 59.8 Å². The SMILES string of the molecule is CCCCCCCCC/C=C\CCCCCCCC(=O)OC(COCCCCCCCCCC)COC1OC(CO)C(O)C(OS(=O)(=O)O)C1O. The van der Waals surface area contributed by atoms with Crippen LogP contribution in [0.15, 0.2) is 12.2 Å². The summed E-state index contributed by atoms with van der Waals surface area (Å²) in [4.78, 5) is 12.7. The Bertz CT molecular complexity index is 963. The van der Waals surface area contributed by atoms with Crippen LogP contribution in [0.2, 0.25) is 0 Å². The van der Waals surface area contributed by atoms with E-state index in [1.807, 2.05) is 0 Å². The molecule has 1 saturated heterocycles. The van der Waals surface area contributed by atoms with Crippen molar-refractivity contribution in [3.8, 4) is 0 Å². The molecule has 0 aromatic heterocycles. The number of ether oxygens (including phenoxy) is 4. The average Bonchev–Trinajstić information content (AvgIpc) is 3.09.